The summed E-state index contributed by atoms with van der Waals surface area (Å²) in [6.45, 7) is 2.34. The number of anilines is 1. The lowest BCUT2D eigenvalue weighted by molar-refractivity contribution is -0.148. The number of hydrogen-bond acceptors (Lipinski definition) is 19. The smallest absolute Gasteiger partial charge is 0.340 e. The van der Waals surface area contributed by atoms with Crippen molar-refractivity contribution in [2.45, 2.75) is 222 Å². The Bertz CT molecular complexity index is 3910. The van der Waals surface area contributed by atoms with Crippen LogP contribution < -0.4 is 42.4 Å². The number of aliphatic hydroxyl groups is 1. The predicted octanol–water partition coefficient (Wildman–Crippen LogP) is 4.17. The van der Waals surface area contributed by atoms with Crippen LogP contribution in [0.25, 0.3) is 0 Å². The number of nitrogens with zero attached hydrogens (tertiary/aromatic N) is 5. The number of aliphatic hydroxyl groups excluding tert-OH is 1. The van der Waals surface area contributed by atoms with Gasteiger partial charge in [-0.05, 0) is 171 Å². The molecule has 13 N–H and O–H groups in total. The van der Waals surface area contributed by atoms with Gasteiger partial charge in [0.1, 0.15) is 65.3 Å². The topological polar surface area (TPSA) is 456 Å². The summed E-state index contributed by atoms with van der Waals surface area (Å²) in [7, 11) is 0. The minimum Gasteiger partial charge on any atom is -0.508 e. The number of allylic oxidation sites excluding steroid dienone is 2. The number of carboxylic acids is 2. The highest BCUT2D eigenvalue weighted by molar-refractivity contribution is 7.80. The number of thiocarbonyl (C=S) groups is 1. The monoisotopic (exact) mass is 1550 g/mol. The highest BCUT2D eigenvalue weighted by Crippen LogP contribution is 2.57. The van der Waals surface area contributed by atoms with Gasteiger partial charge >= 0.3 is 17.9 Å². The SMILES string of the molecule is C[C@@H]1NC(=O)[C@H]([C@@H](C)O)NC(=O)[C@@H]2CCCN2C(=O)[C@H](CCC(=O)O)NC(=O)CN(C(=O)CCCCNC(=S)Nc2ccc3c(c2)C2(OC3=O)c3ccc(O)cc3Oc3cc(O)ccc32)CCCCC=CCCCCCCCCCN(CC(N)=O)C(=O)[C@H](CCC(=O)O)NC(=O)[C@@H]2CCCN2C(=O)[C@@H]2CCCN2C1=O. The zero-order valence-corrected chi connectivity index (χ0v) is 63.0. The van der Waals surface area contributed by atoms with Gasteiger partial charge in [-0.25, -0.2) is 4.79 Å². The molecule has 1 spiro atoms. The number of ether oxygens (including phenoxy) is 2. The van der Waals surface area contributed by atoms with Gasteiger partial charge in [0, 0.05) is 93.0 Å². The molecule has 0 aromatic heterocycles. The summed E-state index contributed by atoms with van der Waals surface area (Å²) < 4.78 is 12.3. The van der Waals surface area contributed by atoms with Crippen molar-refractivity contribution in [2.24, 2.45) is 5.73 Å². The average molecular weight is 1550 g/mol. The first-order valence-electron chi connectivity index (χ1n) is 38.2. The number of esters is 1. The molecule has 0 unspecified atom stereocenters. The number of nitrogens with one attached hydrogen (secondary N) is 6. The quantitative estimate of drug-likeness (QED) is 0.0439. The lowest BCUT2D eigenvalue weighted by Gasteiger charge is -2.36. The van der Waals surface area contributed by atoms with E-state index in [-0.39, 0.29) is 111 Å². The third kappa shape index (κ3) is 21.5. The molecule has 0 bridgehead atoms. The third-order valence-electron chi connectivity index (χ3n) is 20.8. The number of hydrogen-bond donors (Lipinski definition) is 12. The van der Waals surface area contributed by atoms with Crippen molar-refractivity contribution >= 4 is 100.0 Å². The van der Waals surface area contributed by atoms with Gasteiger partial charge in [-0.2, -0.15) is 0 Å². The number of benzene rings is 3. The van der Waals surface area contributed by atoms with Gasteiger partial charge < -0.3 is 97.1 Å². The van der Waals surface area contributed by atoms with Crippen molar-refractivity contribution in [1.82, 2.24) is 51.1 Å². The molecular formula is C77H102N12O20S. The fourth-order valence-electron chi connectivity index (χ4n) is 15.2. The normalized spacial score (nSPS) is 23.5. The van der Waals surface area contributed by atoms with Gasteiger partial charge in [0.2, 0.25) is 59.1 Å². The van der Waals surface area contributed by atoms with Crippen molar-refractivity contribution in [3.63, 3.8) is 0 Å². The number of phenolic OH excluding ortho intramolecular Hbond substituents is 2. The second kappa shape index (κ2) is 39.3. The average Bonchev–Trinajstić information content (AvgIpc) is 1.52. The summed E-state index contributed by atoms with van der Waals surface area (Å²) in [6.07, 6.45) is 11.3. The molecule has 6 aliphatic heterocycles. The maximum atomic E-state index is 14.6. The van der Waals surface area contributed by atoms with Gasteiger partial charge in [-0.3, -0.25) is 57.5 Å². The van der Waals surface area contributed by atoms with Crippen molar-refractivity contribution < 1.29 is 97.3 Å². The van der Waals surface area contributed by atoms with Crippen LogP contribution in [-0.2, 0) is 67.9 Å². The number of primary amides is 1. The second-order valence-corrected chi connectivity index (χ2v) is 29.4. The third-order valence-corrected chi connectivity index (χ3v) is 21.1. The van der Waals surface area contributed by atoms with E-state index in [1.54, 1.807) is 30.3 Å². The number of aliphatic carboxylic acids is 2. The Morgan fingerprint density at radius 1 is 0.600 bits per heavy atom. The highest BCUT2D eigenvalue weighted by atomic mass is 32.1. The Morgan fingerprint density at radius 3 is 1.75 bits per heavy atom. The molecule has 8 atom stereocenters. The van der Waals surface area contributed by atoms with E-state index in [4.69, 9.17) is 27.4 Å². The van der Waals surface area contributed by atoms with Crippen LogP contribution in [-0.4, -0.2) is 233 Å². The standard InChI is InChI=1S/C77H102N12O20S/c1-46-71(103)89-40-20-23-59(89)74(106)88-39-19-21-57(88)68(100)83-55(31-33-65(96)97)72(104)86(44-62(78)93)37-17-13-11-9-7-5-3-4-6-8-10-12-16-36-85(45-63(94)82-56(32-34-66(98)99)73(105)87-38-18-22-58(87)69(101)84-67(47(2)90)70(102)80-46)64(95)24-14-15-35-79-76(110)81-48-25-28-51-54(41-48)77(109-75(51)107)52-29-26-49(91)42-60(52)108-61-43-50(92)27-30-53(61)77/h6,8,25-30,41-43,46-47,55-59,67,90-92H,3-5,7,9-24,31-40,44-45H2,1-2H3,(H2,78,93)(H,80,102)(H,82,94)(H,83,100)(H,84,101)(H,96,97)(H,98,99)(H2,79,81,110)/t46-,47+,55-,56-,57-,58-,59-,67-/m0/s1. The van der Waals surface area contributed by atoms with Crippen LogP contribution in [0.1, 0.15) is 195 Å². The van der Waals surface area contributed by atoms with Crippen molar-refractivity contribution in [3.8, 4) is 23.0 Å². The molecule has 10 amide bonds. The van der Waals surface area contributed by atoms with Gasteiger partial charge in [0.15, 0.2) is 10.7 Å². The van der Waals surface area contributed by atoms with Crippen LogP contribution in [0.15, 0.2) is 66.7 Å². The summed E-state index contributed by atoms with van der Waals surface area (Å²) in [5.41, 5.74) is 6.18. The number of rotatable bonds is 15. The number of aromatic hydroxyl groups is 2. The molecule has 9 rings (SSSR count). The first-order valence-corrected chi connectivity index (χ1v) is 38.6. The van der Waals surface area contributed by atoms with E-state index in [2.05, 4.69) is 44.1 Å². The first-order chi connectivity index (χ1) is 52.6. The lowest BCUT2D eigenvalue weighted by Crippen LogP contribution is -2.61. The number of nitrogens with two attached hydrogens (primary N) is 1. The maximum absolute atomic E-state index is 14.6. The molecule has 33 heteroatoms. The summed E-state index contributed by atoms with van der Waals surface area (Å²) in [6, 6.07) is 4.49. The number of amides is 10. The van der Waals surface area contributed by atoms with Gasteiger partial charge in [-0.15, -0.1) is 0 Å². The lowest BCUT2D eigenvalue weighted by atomic mass is 9.77. The van der Waals surface area contributed by atoms with Crippen molar-refractivity contribution in [1.29, 1.82) is 0 Å². The van der Waals surface area contributed by atoms with E-state index >= 15 is 0 Å². The number of fused-ring (bicyclic) bond motifs is 9. The number of carboxylic acid groups (broad SMARTS) is 2. The van der Waals surface area contributed by atoms with E-state index in [0.717, 1.165) is 38.5 Å². The van der Waals surface area contributed by atoms with E-state index < -0.39 is 157 Å². The fourth-order valence-corrected chi connectivity index (χ4v) is 15.4. The minimum atomic E-state index is -1.70. The molecule has 6 aliphatic rings. The largest absolute Gasteiger partial charge is 0.508 e. The molecule has 3 aromatic carbocycles. The minimum absolute atomic E-state index is 0.000460. The molecule has 3 saturated heterocycles. The van der Waals surface area contributed by atoms with Gasteiger partial charge in [0.25, 0.3) is 0 Å². The zero-order valence-electron chi connectivity index (χ0n) is 62.2. The Morgan fingerprint density at radius 2 is 1.15 bits per heavy atom. The summed E-state index contributed by atoms with van der Waals surface area (Å²) >= 11 is 5.70. The molecule has 596 valence electrons. The molecule has 0 radical (unpaired) electrons. The molecule has 6 heterocycles. The van der Waals surface area contributed by atoms with Crippen LogP contribution in [0.5, 0.6) is 23.0 Å². The fraction of sp³-hybridized carbons (Fsp3) is 0.558. The molecule has 32 nitrogen and oxygen atoms in total. The predicted molar refractivity (Wildman–Crippen MR) is 401 cm³/mol. The second-order valence-electron chi connectivity index (χ2n) is 29.0. The van der Waals surface area contributed by atoms with Crippen molar-refractivity contribution in [2.75, 3.05) is 57.7 Å². The van der Waals surface area contributed by atoms with Crippen LogP contribution in [0.3, 0.4) is 0 Å². The molecule has 3 fully saturated rings. The molecular weight excluding hydrogens is 1440 g/mol. The maximum Gasteiger partial charge on any atom is 0.340 e. The molecule has 0 aliphatic carbocycles. The summed E-state index contributed by atoms with van der Waals surface area (Å²) in [5, 5.41) is 68.1. The van der Waals surface area contributed by atoms with Crippen molar-refractivity contribution in [3.05, 3.63) is 89.0 Å². The first kappa shape index (κ1) is 83.6. The van der Waals surface area contributed by atoms with Crippen LogP contribution >= 0.6 is 12.2 Å². The van der Waals surface area contributed by atoms with E-state index in [1.807, 2.05) is 0 Å². The van der Waals surface area contributed by atoms with Gasteiger partial charge in [-0.1, -0.05) is 44.3 Å². The summed E-state index contributed by atoms with van der Waals surface area (Å²) in [5.74, 6) is -10.2. The van der Waals surface area contributed by atoms with Crippen LogP contribution in [0, 0.1) is 0 Å². The van der Waals surface area contributed by atoms with Crippen LogP contribution in [0.4, 0.5) is 5.69 Å². The molecule has 110 heavy (non-hydrogen) atoms. The Labute approximate surface area is 642 Å². The zero-order chi connectivity index (χ0) is 79.3. The number of unbranched alkanes of at least 4 members (excludes halogenated alkanes) is 1. The Kier molecular flexibility index (Phi) is 29.8. The Balaban J connectivity index is 0.860. The number of carbonyl (C=O) groups is 13. The van der Waals surface area contributed by atoms with Gasteiger partial charge in [0.05, 0.1) is 24.8 Å². The molecule has 3 aromatic rings. The molecule has 0 saturated carbocycles. The Hall–Kier alpha value is -10.4. The highest BCUT2D eigenvalue weighted by Gasteiger charge is 2.54. The van der Waals surface area contributed by atoms with E-state index in [0.29, 0.717) is 86.7 Å². The number of carbonyl (C=O) groups excluding carboxylic acids is 11. The van der Waals surface area contributed by atoms with E-state index in [1.165, 1.54) is 62.6 Å². The van der Waals surface area contributed by atoms with E-state index in [9.17, 15) is 87.9 Å². The summed E-state index contributed by atoms with van der Waals surface area (Å²) in [4.78, 5) is 185. The van der Waals surface area contributed by atoms with Crippen LogP contribution in [0.2, 0.25) is 0 Å². The number of phenols is 2.